The molecule has 15 heteroatoms. The van der Waals surface area contributed by atoms with E-state index in [9.17, 15) is 23.4 Å². The van der Waals surface area contributed by atoms with Crippen LogP contribution in [0.4, 0.5) is 0 Å². The van der Waals surface area contributed by atoms with Crippen LogP contribution in [0.5, 0.6) is 0 Å². The Morgan fingerprint density at radius 3 is 2.67 bits per heavy atom. The number of fused-ring (bicyclic) bond motifs is 1. The highest BCUT2D eigenvalue weighted by Gasteiger charge is 2.23. The number of imidazole rings is 1. The minimum Gasteiger partial charge on any atom is -0.395 e. The number of aliphatic hydroxyl groups is 1. The van der Waals surface area contributed by atoms with E-state index in [4.69, 9.17) is 5.11 Å². The Bertz CT molecular complexity index is 1170. The van der Waals surface area contributed by atoms with E-state index in [-0.39, 0.29) is 48.3 Å². The van der Waals surface area contributed by atoms with Gasteiger partial charge in [-0.2, -0.15) is 0 Å². The predicted octanol–water partition coefficient (Wildman–Crippen LogP) is -2.64. The number of H-pyrrole nitrogens is 1. The number of hydrogen-bond acceptors (Lipinski definition) is 9. The van der Waals surface area contributed by atoms with Crippen LogP contribution in [0.2, 0.25) is 0 Å². The second kappa shape index (κ2) is 11.1. The molecule has 0 saturated carbocycles. The number of rotatable bonds is 10. The second-order valence-electron chi connectivity index (χ2n) is 7.50. The van der Waals surface area contributed by atoms with Crippen molar-refractivity contribution in [2.75, 3.05) is 50.8 Å². The van der Waals surface area contributed by atoms with E-state index in [1.807, 2.05) is 4.90 Å². The number of aromatic nitrogens is 4. The van der Waals surface area contributed by atoms with E-state index in [2.05, 4.69) is 14.7 Å². The SMILES string of the molecule is Cn1c(=O)c2[nH]c(SCCC(=O)NS(=O)CCN3CCN(CCO)C(=O)C3)nc2n(C)c1=O. The number of aliphatic hydroxyl groups excluding tert-OH is 1. The molecule has 0 aliphatic carbocycles. The van der Waals surface area contributed by atoms with Crippen LogP contribution in [-0.2, 0) is 34.7 Å². The molecular weight excluding hydrogens is 474 g/mol. The van der Waals surface area contributed by atoms with Crippen LogP contribution in [0.25, 0.3) is 11.2 Å². The maximum absolute atomic E-state index is 12.2. The van der Waals surface area contributed by atoms with E-state index in [0.717, 1.165) is 4.57 Å². The zero-order chi connectivity index (χ0) is 24.1. The summed E-state index contributed by atoms with van der Waals surface area (Å²) in [7, 11) is 1.34. The average molecular weight is 502 g/mol. The Morgan fingerprint density at radius 1 is 1.21 bits per heavy atom. The summed E-state index contributed by atoms with van der Waals surface area (Å²) in [5.41, 5.74) is -0.499. The van der Waals surface area contributed by atoms with Crippen LogP contribution in [0.3, 0.4) is 0 Å². The highest BCUT2D eigenvalue weighted by Crippen LogP contribution is 2.17. The molecule has 182 valence electrons. The van der Waals surface area contributed by atoms with Gasteiger partial charge in [0.25, 0.3) is 5.56 Å². The average Bonchev–Trinajstić information content (AvgIpc) is 3.21. The maximum Gasteiger partial charge on any atom is 0.332 e. The summed E-state index contributed by atoms with van der Waals surface area (Å²) in [5, 5.41) is 9.35. The number of β-amino-alcohol motifs (C(OH)–C–C–N with tert-alkyl or cyclic N) is 1. The lowest BCUT2D eigenvalue weighted by molar-refractivity contribution is -0.136. The van der Waals surface area contributed by atoms with Crippen molar-refractivity contribution >= 4 is 45.7 Å². The summed E-state index contributed by atoms with van der Waals surface area (Å²) in [6, 6.07) is 0. The van der Waals surface area contributed by atoms with Crippen molar-refractivity contribution in [2.24, 2.45) is 14.1 Å². The summed E-state index contributed by atoms with van der Waals surface area (Å²) < 4.78 is 16.9. The number of thioether (sulfide) groups is 1. The molecule has 0 spiro atoms. The van der Waals surface area contributed by atoms with Gasteiger partial charge in [0.15, 0.2) is 16.3 Å². The first kappa shape index (κ1) is 25.1. The van der Waals surface area contributed by atoms with E-state index in [0.29, 0.717) is 37.1 Å². The van der Waals surface area contributed by atoms with Gasteiger partial charge in [0.05, 0.1) is 18.9 Å². The van der Waals surface area contributed by atoms with Crippen LogP contribution in [-0.4, -0.2) is 101 Å². The van der Waals surface area contributed by atoms with Crippen molar-refractivity contribution < 1.29 is 18.9 Å². The molecule has 2 aromatic rings. The molecule has 3 rings (SSSR count). The normalized spacial score (nSPS) is 15.8. The van der Waals surface area contributed by atoms with E-state index < -0.39 is 22.2 Å². The molecule has 1 aliphatic rings. The highest BCUT2D eigenvalue weighted by atomic mass is 32.2. The number of nitrogens with zero attached hydrogens (tertiary/aromatic N) is 5. The van der Waals surface area contributed by atoms with Crippen LogP contribution in [0, 0.1) is 0 Å². The zero-order valence-electron chi connectivity index (χ0n) is 18.4. The van der Waals surface area contributed by atoms with Crippen molar-refractivity contribution in [1.29, 1.82) is 0 Å². The van der Waals surface area contributed by atoms with Gasteiger partial charge >= 0.3 is 5.69 Å². The lowest BCUT2D eigenvalue weighted by Gasteiger charge is -2.33. The summed E-state index contributed by atoms with van der Waals surface area (Å²) >= 11 is 1.21. The third-order valence-electron chi connectivity index (χ3n) is 5.23. The Labute approximate surface area is 195 Å². The molecule has 2 amide bonds. The summed E-state index contributed by atoms with van der Waals surface area (Å²) in [6.07, 6.45) is 0.0860. The second-order valence-corrected chi connectivity index (χ2v) is 9.89. The number of aryl methyl sites for hydroxylation is 1. The van der Waals surface area contributed by atoms with Gasteiger partial charge in [-0.3, -0.25) is 33.1 Å². The molecule has 0 radical (unpaired) electrons. The largest absolute Gasteiger partial charge is 0.395 e. The Balaban J connectivity index is 1.42. The Morgan fingerprint density at radius 2 is 1.97 bits per heavy atom. The molecule has 1 fully saturated rings. The summed E-state index contributed by atoms with van der Waals surface area (Å²) in [4.78, 5) is 58.8. The third kappa shape index (κ3) is 6.10. The first-order chi connectivity index (χ1) is 15.7. The van der Waals surface area contributed by atoms with Gasteiger partial charge in [-0.1, -0.05) is 11.8 Å². The van der Waals surface area contributed by atoms with Gasteiger partial charge < -0.3 is 15.0 Å². The highest BCUT2D eigenvalue weighted by molar-refractivity contribution is 7.99. The first-order valence-corrected chi connectivity index (χ1v) is 12.6. The fraction of sp³-hybridized carbons (Fsp3) is 0.611. The molecule has 0 aromatic carbocycles. The third-order valence-corrected chi connectivity index (χ3v) is 7.11. The number of carbonyl (C=O) groups excluding carboxylic acids is 2. The minimum atomic E-state index is -1.57. The smallest absolute Gasteiger partial charge is 0.332 e. The van der Waals surface area contributed by atoms with E-state index in [1.54, 1.807) is 4.90 Å². The van der Waals surface area contributed by atoms with Crippen molar-refractivity contribution in [2.45, 2.75) is 11.6 Å². The van der Waals surface area contributed by atoms with Gasteiger partial charge in [-0.25, -0.2) is 14.0 Å². The molecule has 1 aliphatic heterocycles. The number of hydrogen-bond donors (Lipinski definition) is 3. The number of nitrogens with one attached hydrogen (secondary N) is 2. The Kier molecular flexibility index (Phi) is 8.45. The van der Waals surface area contributed by atoms with Crippen molar-refractivity contribution in [3.05, 3.63) is 20.8 Å². The fourth-order valence-electron chi connectivity index (χ4n) is 3.36. The Hall–Kier alpha value is -2.49. The lowest BCUT2D eigenvalue weighted by atomic mass is 10.3. The number of piperazine rings is 1. The maximum atomic E-state index is 12.2. The van der Waals surface area contributed by atoms with Crippen LogP contribution in [0.1, 0.15) is 6.42 Å². The zero-order valence-corrected chi connectivity index (χ0v) is 20.0. The molecule has 13 nitrogen and oxygen atoms in total. The van der Waals surface area contributed by atoms with Gasteiger partial charge in [0, 0.05) is 52.4 Å². The van der Waals surface area contributed by atoms with Crippen LogP contribution >= 0.6 is 11.8 Å². The standard InChI is InChI=1S/C18H27N7O6S2/c1-22-15-14(16(29)23(2)18(22)30)19-17(20-15)32-9-3-12(27)21-33(31)10-7-24-4-5-25(6-8-26)13(28)11-24/h26H,3-11H2,1-2H3,(H,19,20)(H,21,27). The monoisotopic (exact) mass is 501 g/mol. The quantitative estimate of drug-likeness (QED) is 0.295. The number of carbonyl (C=O) groups is 2. The molecule has 3 N–H and O–H groups in total. The molecule has 0 bridgehead atoms. The van der Waals surface area contributed by atoms with Crippen molar-refractivity contribution in [3.8, 4) is 0 Å². The molecule has 1 unspecified atom stereocenters. The van der Waals surface area contributed by atoms with E-state index >= 15 is 0 Å². The molecule has 1 atom stereocenters. The fourth-order valence-corrected chi connectivity index (χ4v) is 5.05. The minimum absolute atomic E-state index is 0.0749. The van der Waals surface area contributed by atoms with Crippen molar-refractivity contribution in [1.82, 2.24) is 33.6 Å². The molecular formula is C18H27N7O6S2. The summed E-state index contributed by atoms with van der Waals surface area (Å²) in [5.74, 6) is 0.0700. The number of amides is 2. The summed E-state index contributed by atoms with van der Waals surface area (Å²) in [6.45, 7) is 1.99. The number of aromatic amines is 1. The topological polar surface area (TPSA) is 163 Å². The van der Waals surface area contributed by atoms with Gasteiger partial charge in [-0.15, -0.1) is 0 Å². The van der Waals surface area contributed by atoms with Gasteiger partial charge in [0.2, 0.25) is 11.8 Å². The molecule has 3 heterocycles. The van der Waals surface area contributed by atoms with Gasteiger partial charge in [-0.05, 0) is 0 Å². The molecule has 2 aromatic heterocycles. The van der Waals surface area contributed by atoms with Crippen molar-refractivity contribution in [3.63, 3.8) is 0 Å². The van der Waals surface area contributed by atoms with Crippen LogP contribution < -0.4 is 16.0 Å². The molecule has 33 heavy (non-hydrogen) atoms. The predicted molar refractivity (Wildman–Crippen MR) is 123 cm³/mol. The van der Waals surface area contributed by atoms with Crippen LogP contribution in [0.15, 0.2) is 14.7 Å². The van der Waals surface area contributed by atoms with E-state index in [1.165, 1.54) is 30.4 Å². The van der Waals surface area contributed by atoms with Gasteiger partial charge in [0.1, 0.15) is 11.0 Å². The molecule has 1 saturated heterocycles. The first-order valence-electron chi connectivity index (χ1n) is 10.3. The lowest BCUT2D eigenvalue weighted by Crippen LogP contribution is -2.52.